The molecule has 19 heavy (non-hydrogen) atoms. The number of hydrogen-bond acceptors (Lipinski definition) is 2. The van der Waals surface area contributed by atoms with Crippen LogP contribution in [-0.2, 0) is 6.42 Å². The first-order chi connectivity index (χ1) is 9.26. The van der Waals surface area contributed by atoms with Gasteiger partial charge in [-0.1, -0.05) is 32.4 Å². The van der Waals surface area contributed by atoms with Gasteiger partial charge in [0.05, 0.1) is 0 Å². The Hall–Kier alpha value is -1.02. The van der Waals surface area contributed by atoms with Gasteiger partial charge in [0.15, 0.2) is 0 Å². The molecule has 0 amide bonds. The molecule has 2 heteroatoms. The van der Waals surface area contributed by atoms with Gasteiger partial charge in [-0.15, -0.1) is 0 Å². The molecule has 0 spiro atoms. The Balaban J connectivity index is 2.04. The third-order valence-corrected chi connectivity index (χ3v) is 4.08. The summed E-state index contributed by atoms with van der Waals surface area (Å²) < 4.78 is 0. The largest absolute Gasteiger partial charge is 0.371 e. The third kappa shape index (κ3) is 3.50. The van der Waals surface area contributed by atoms with Crippen LogP contribution < -0.4 is 10.2 Å². The topological polar surface area (TPSA) is 15.3 Å². The van der Waals surface area contributed by atoms with Crippen molar-refractivity contribution in [3.8, 4) is 0 Å². The Morgan fingerprint density at radius 2 is 2.11 bits per heavy atom. The maximum Gasteiger partial charge on any atom is 0.0399 e. The van der Waals surface area contributed by atoms with Crippen LogP contribution >= 0.6 is 0 Å². The Bertz CT molecular complexity index is 400. The molecule has 1 aliphatic heterocycles. The van der Waals surface area contributed by atoms with E-state index in [1.807, 2.05) is 0 Å². The number of fused-ring (bicyclic) bond motifs is 1. The van der Waals surface area contributed by atoms with Crippen LogP contribution in [0, 0.1) is 0 Å². The summed E-state index contributed by atoms with van der Waals surface area (Å²) in [6, 6.07) is 7.51. The van der Waals surface area contributed by atoms with Gasteiger partial charge in [-0.05, 0) is 49.9 Å². The van der Waals surface area contributed by atoms with Gasteiger partial charge < -0.3 is 10.2 Å². The lowest BCUT2D eigenvalue weighted by Crippen LogP contribution is -2.21. The summed E-state index contributed by atoms with van der Waals surface area (Å²) in [7, 11) is 0. The highest BCUT2D eigenvalue weighted by Crippen LogP contribution is 2.30. The summed E-state index contributed by atoms with van der Waals surface area (Å²) in [6.45, 7) is 10.3. The van der Waals surface area contributed by atoms with Crippen molar-refractivity contribution in [2.45, 2.75) is 52.5 Å². The summed E-state index contributed by atoms with van der Waals surface area (Å²) in [4.78, 5) is 2.55. The second kappa shape index (κ2) is 6.95. The van der Waals surface area contributed by atoms with Crippen LogP contribution in [0.1, 0.15) is 57.2 Å². The molecule has 1 N–H and O–H groups in total. The second-order valence-electron chi connectivity index (χ2n) is 5.65. The van der Waals surface area contributed by atoms with Gasteiger partial charge in [0, 0.05) is 24.8 Å². The number of nitrogens with zero attached hydrogens (tertiary/aromatic N) is 1. The smallest absolute Gasteiger partial charge is 0.0399 e. The van der Waals surface area contributed by atoms with Crippen LogP contribution in [0.25, 0.3) is 0 Å². The fourth-order valence-corrected chi connectivity index (χ4v) is 2.82. The lowest BCUT2D eigenvalue weighted by Gasteiger charge is -2.20. The van der Waals surface area contributed by atoms with E-state index in [4.69, 9.17) is 0 Å². The fourth-order valence-electron chi connectivity index (χ4n) is 2.82. The van der Waals surface area contributed by atoms with E-state index in [1.165, 1.54) is 50.0 Å². The van der Waals surface area contributed by atoms with Gasteiger partial charge in [-0.3, -0.25) is 0 Å². The highest BCUT2D eigenvalue weighted by Gasteiger charge is 2.19. The average Bonchev–Trinajstić information content (AvgIpc) is 2.84. The van der Waals surface area contributed by atoms with E-state index >= 15 is 0 Å². The van der Waals surface area contributed by atoms with E-state index < -0.39 is 0 Å². The van der Waals surface area contributed by atoms with Crippen molar-refractivity contribution in [3.05, 3.63) is 29.3 Å². The van der Waals surface area contributed by atoms with Crippen molar-refractivity contribution in [2.75, 3.05) is 24.5 Å². The molecule has 2 rings (SSSR count). The summed E-state index contributed by atoms with van der Waals surface area (Å²) in [6.07, 6.45) is 4.99. The van der Waals surface area contributed by atoms with Gasteiger partial charge in [0.2, 0.25) is 0 Å². The first-order valence-corrected chi connectivity index (χ1v) is 7.87. The number of nitrogens with one attached hydrogen (secondary N) is 1. The molecule has 0 fully saturated rings. The summed E-state index contributed by atoms with van der Waals surface area (Å²) in [5.41, 5.74) is 4.45. The lowest BCUT2D eigenvalue weighted by molar-refractivity contribution is 0.570. The van der Waals surface area contributed by atoms with Crippen molar-refractivity contribution in [1.82, 2.24) is 5.32 Å². The molecule has 0 aliphatic carbocycles. The van der Waals surface area contributed by atoms with Crippen LogP contribution in [0.15, 0.2) is 18.2 Å². The second-order valence-corrected chi connectivity index (χ2v) is 5.65. The minimum absolute atomic E-state index is 0.468. The number of anilines is 1. The molecular formula is C17H28N2. The van der Waals surface area contributed by atoms with Crippen molar-refractivity contribution in [3.63, 3.8) is 0 Å². The molecule has 1 aromatic rings. The molecule has 0 saturated carbocycles. The summed E-state index contributed by atoms with van der Waals surface area (Å²) in [5.74, 6) is 0. The van der Waals surface area contributed by atoms with Gasteiger partial charge in [0.25, 0.3) is 0 Å². The average molecular weight is 260 g/mol. The number of hydrogen-bond donors (Lipinski definition) is 1. The molecule has 1 unspecified atom stereocenters. The Labute approximate surface area is 118 Å². The highest BCUT2D eigenvalue weighted by molar-refractivity contribution is 5.59. The Morgan fingerprint density at radius 3 is 2.84 bits per heavy atom. The zero-order valence-corrected chi connectivity index (χ0v) is 12.7. The monoisotopic (exact) mass is 260 g/mol. The van der Waals surface area contributed by atoms with E-state index in [-0.39, 0.29) is 0 Å². The fraction of sp³-hybridized carbons (Fsp3) is 0.647. The molecule has 0 saturated heterocycles. The third-order valence-electron chi connectivity index (χ3n) is 4.08. The van der Waals surface area contributed by atoms with Gasteiger partial charge >= 0.3 is 0 Å². The maximum atomic E-state index is 3.57. The molecule has 0 bridgehead atoms. The van der Waals surface area contributed by atoms with Crippen molar-refractivity contribution < 1.29 is 0 Å². The normalized spacial score (nSPS) is 15.6. The number of benzene rings is 1. The van der Waals surface area contributed by atoms with Crippen molar-refractivity contribution in [2.24, 2.45) is 0 Å². The van der Waals surface area contributed by atoms with Crippen LogP contribution in [0.3, 0.4) is 0 Å². The van der Waals surface area contributed by atoms with Crippen molar-refractivity contribution >= 4 is 5.69 Å². The minimum Gasteiger partial charge on any atom is -0.371 e. The zero-order valence-electron chi connectivity index (χ0n) is 12.7. The Kier molecular flexibility index (Phi) is 5.26. The number of unbranched alkanes of at least 4 members (excludes halogenated alkanes) is 1. The van der Waals surface area contributed by atoms with Crippen LogP contribution in [0.4, 0.5) is 5.69 Å². The summed E-state index contributed by atoms with van der Waals surface area (Å²) in [5, 5.41) is 3.57. The predicted octanol–water partition coefficient (Wildman–Crippen LogP) is 3.91. The highest BCUT2D eigenvalue weighted by atomic mass is 15.1. The Morgan fingerprint density at radius 1 is 1.26 bits per heavy atom. The zero-order chi connectivity index (χ0) is 13.7. The molecule has 106 valence electrons. The maximum absolute atomic E-state index is 3.57. The lowest BCUT2D eigenvalue weighted by atomic mass is 10.0. The molecule has 2 nitrogen and oxygen atoms in total. The molecule has 1 aliphatic rings. The van der Waals surface area contributed by atoms with E-state index in [1.54, 1.807) is 5.56 Å². The molecule has 1 atom stereocenters. The first-order valence-electron chi connectivity index (χ1n) is 7.87. The van der Waals surface area contributed by atoms with E-state index in [0.717, 1.165) is 6.54 Å². The van der Waals surface area contributed by atoms with E-state index in [9.17, 15) is 0 Å². The van der Waals surface area contributed by atoms with Crippen LogP contribution in [0.2, 0.25) is 0 Å². The SMILES string of the molecule is CCCCN1CCc2cc(C(C)NCCC)ccc21. The van der Waals surface area contributed by atoms with Gasteiger partial charge in [-0.2, -0.15) is 0 Å². The number of rotatable bonds is 7. The predicted molar refractivity (Wildman–Crippen MR) is 84.0 cm³/mol. The van der Waals surface area contributed by atoms with Gasteiger partial charge in [0.1, 0.15) is 0 Å². The molecule has 1 heterocycles. The molecule has 0 aromatic heterocycles. The van der Waals surface area contributed by atoms with E-state index in [2.05, 4.69) is 49.2 Å². The van der Waals surface area contributed by atoms with Crippen LogP contribution in [-0.4, -0.2) is 19.6 Å². The molecular weight excluding hydrogens is 232 g/mol. The summed E-state index contributed by atoms with van der Waals surface area (Å²) >= 11 is 0. The van der Waals surface area contributed by atoms with Crippen LogP contribution in [0.5, 0.6) is 0 Å². The quantitative estimate of drug-likeness (QED) is 0.799. The first kappa shape index (κ1) is 14.4. The molecule has 1 aromatic carbocycles. The van der Waals surface area contributed by atoms with E-state index in [0.29, 0.717) is 6.04 Å². The van der Waals surface area contributed by atoms with Gasteiger partial charge in [-0.25, -0.2) is 0 Å². The minimum atomic E-state index is 0.468. The molecule has 0 radical (unpaired) electrons. The standard InChI is InChI=1S/C17H28N2/c1-4-6-11-19-12-9-16-13-15(7-8-17(16)19)14(3)18-10-5-2/h7-8,13-14,18H,4-6,9-12H2,1-3H3. The van der Waals surface area contributed by atoms with Crippen molar-refractivity contribution in [1.29, 1.82) is 0 Å².